The number of nitrogens with zero attached hydrogens (tertiary/aromatic N) is 1. The zero-order valence-corrected chi connectivity index (χ0v) is 14.2. The number of piperidine rings is 1. The molecule has 1 unspecified atom stereocenters. The van der Waals surface area contributed by atoms with E-state index in [4.69, 9.17) is 0 Å². The molecule has 1 heterocycles. The van der Waals surface area contributed by atoms with Gasteiger partial charge in [0.1, 0.15) is 11.5 Å². The van der Waals surface area contributed by atoms with Gasteiger partial charge in [0, 0.05) is 24.7 Å². The largest absolute Gasteiger partial charge is 0.378 e. The van der Waals surface area contributed by atoms with Gasteiger partial charge >= 0.3 is 0 Å². The normalized spacial score (nSPS) is 21.0. The minimum atomic E-state index is -0.483. The van der Waals surface area contributed by atoms with E-state index in [0.717, 1.165) is 19.4 Å². The van der Waals surface area contributed by atoms with Crippen molar-refractivity contribution in [3.05, 3.63) is 31.6 Å². The van der Waals surface area contributed by atoms with Gasteiger partial charge in [0.25, 0.3) is 5.69 Å². The van der Waals surface area contributed by atoms with Gasteiger partial charge in [0.15, 0.2) is 0 Å². The van der Waals surface area contributed by atoms with Gasteiger partial charge in [-0.15, -0.1) is 0 Å². The molecule has 0 bridgehead atoms. The second kappa shape index (κ2) is 6.43. The van der Waals surface area contributed by atoms with Crippen LogP contribution in [0.25, 0.3) is 0 Å². The van der Waals surface area contributed by atoms with Gasteiger partial charge in [-0.1, -0.05) is 13.8 Å². The summed E-state index contributed by atoms with van der Waals surface area (Å²) in [4.78, 5) is 10.6. The van der Waals surface area contributed by atoms with E-state index in [1.807, 2.05) is 0 Å². The average Bonchev–Trinajstić information content (AvgIpc) is 2.40. The third-order valence-corrected chi connectivity index (χ3v) is 4.89. The number of benzene rings is 1. The molecule has 1 aliphatic rings. The van der Waals surface area contributed by atoms with E-state index in [0.29, 0.717) is 6.54 Å². The van der Waals surface area contributed by atoms with Crippen LogP contribution < -0.4 is 10.6 Å². The molecule has 1 saturated heterocycles. The smallest absolute Gasteiger partial charge is 0.293 e. The van der Waals surface area contributed by atoms with Gasteiger partial charge in [-0.2, -0.15) is 0 Å². The highest BCUT2D eigenvalue weighted by atomic mass is 127. The van der Waals surface area contributed by atoms with Gasteiger partial charge in [0.05, 0.1) is 8.49 Å². The number of nitrogens with one attached hydrogen (secondary N) is 2. The van der Waals surface area contributed by atoms with Crippen molar-refractivity contribution in [2.75, 3.05) is 18.4 Å². The second-order valence-corrected chi connectivity index (χ2v) is 7.18. The molecule has 1 aromatic carbocycles. The van der Waals surface area contributed by atoms with Crippen LogP contribution in [-0.4, -0.2) is 24.1 Å². The Morgan fingerprint density at radius 2 is 2.29 bits per heavy atom. The fourth-order valence-electron chi connectivity index (χ4n) is 2.66. The highest BCUT2D eigenvalue weighted by Crippen LogP contribution is 2.32. The molecule has 21 heavy (non-hydrogen) atoms. The zero-order chi connectivity index (χ0) is 15.6. The Labute approximate surface area is 137 Å². The summed E-state index contributed by atoms with van der Waals surface area (Å²) in [6.45, 7) is 5.83. The molecule has 7 heteroatoms. The topological polar surface area (TPSA) is 67.2 Å². The summed E-state index contributed by atoms with van der Waals surface area (Å²) in [5.41, 5.74) is 0.261. The monoisotopic (exact) mass is 407 g/mol. The predicted molar refractivity (Wildman–Crippen MR) is 89.1 cm³/mol. The van der Waals surface area contributed by atoms with E-state index in [1.54, 1.807) is 22.6 Å². The molecule has 0 spiro atoms. The van der Waals surface area contributed by atoms with Crippen LogP contribution in [-0.2, 0) is 0 Å². The number of halogens is 2. The maximum Gasteiger partial charge on any atom is 0.293 e. The lowest BCUT2D eigenvalue weighted by Crippen LogP contribution is -2.50. The molecule has 5 nitrogen and oxygen atoms in total. The number of nitro benzene ring substituents is 1. The van der Waals surface area contributed by atoms with E-state index in [-0.39, 0.29) is 26.4 Å². The molecular formula is C14H19FIN3O2. The fourth-order valence-corrected chi connectivity index (χ4v) is 3.11. The predicted octanol–water partition coefficient (Wildman–Crippen LogP) is 3.53. The summed E-state index contributed by atoms with van der Waals surface area (Å²) < 4.78 is 13.9. The van der Waals surface area contributed by atoms with Crippen molar-refractivity contribution in [2.24, 2.45) is 5.41 Å². The number of nitro groups is 1. The summed E-state index contributed by atoms with van der Waals surface area (Å²) in [6.07, 6.45) is 2.23. The van der Waals surface area contributed by atoms with Crippen LogP contribution in [0.4, 0.5) is 15.8 Å². The summed E-state index contributed by atoms with van der Waals surface area (Å²) in [5.74, 6) is -0.445. The first-order valence-corrected chi connectivity index (χ1v) is 8.00. The molecule has 0 radical (unpaired) electrons. The fraction of sp³-hybridized carbons (Fsp3) is 0.571. The molecule has 1 atom stereocenters. The van der Waals surface area contributed by atoms with E-state index in [2.05, 4.69) is 24.5 Å². The van der Waals surface area contributed by atoms with Crippen molar-refractivity contribution in [3.8, 4) is 0 Å². The molecule has 2 rings (SSSR count). The average molecular weight is 407 g/mol. The van der Waals surface area contributed by atoms with Gasteiger partial charge < -0.3 is 10.6 Å². The van der Waals surface area contributed by atoms with Gasteiger partial charge in [-0.3, -0.25) is 10.1 Å². The standard InChI is InChI=1S/C14H19FIN3O2/c1-14(2)4-3-5-17-13(14)8-18-11-6-9(15)10(16)7-12(11)19(20)21/h6-7,13,17-18H,3-5,8H2,1-2H3. The van der Waals surface area contributed by atoms with Gasteiger partial charge in [-0.05, 0) is 47.4 Å². The highest BCUT2D eigenvalue weighted by molar-refractivity contribution is 14.1. The van der Waals surface area contributed by atoms with Crippen LogP contribution >= 0.6 is 22.6 Å². The number of hydrogen-bond acceptors (Lipinski definition) is 4. The first-order valence-electron chi connectivity index (χ1n) is 6.92. The van der Waals surface area contributed by atoms with Crippen LogP contribution in [0.2, 0.25) is 0 Å². The lowest BCUT2D eigenvalue weighted by atomic mass is 9.77. The first-order chi connectivity index (χ1) is 9.81. The molecule has 0 aromatic heterocycles. The highest BCUT2D eigenvalue weighted by Gasteiger charge is 2.32. The van der Waals surface area contributed by atoms with Crippen molar-refractivity contribution in [1.82, 2.24) is 5.32 Å². The Hall–Kier alpha value is -0.960. The van der Waals surface area contributed by atoms with Crippen LogP contribution in [0.1, 0.15) is 26.7 Å². The van der Waals surface area contributed by atoms with E-state index < -0.39 is 10.7 Å². The third-order valence-electron chi connectivity index (χ3n) is 4.06. The van der Waals surface area contributed by atoms with Crippen LogP contribution in [0, 0.1) is 24.9 Å². The van der Waals surface area contributed by atoms with Gasteiger partial charge in [-0.25, -0.2) is 4.39 Å². The minimum absolute atomic E-state index is 0.0885. The van der Waals surface area contributed by atoms with Crippen molar-refractivity contribution >= 4 is 34.0 Å². The quantitative estimate of drug-likeness (QED) is 0.455. The lowest BCUT2D eigenvalue weighted by Gasteiger charge is -2.39. The Morgan fingerprint density at radius 3 is 2.90 bits per heavy atom. The summed E-state index contributed by atoms with van der Waals surface area (Å²) in [7, 11) is 0. The van der Waals surface area contributed by atoms with Crippen LogP contribution in [0.5, 0.6) is 0 Å². The Balaban J connectivity index is 2.16. The van der Waals surface area contributed by atoms with E-state index in [1.165, 1.54) is 12.1 Å². The molecule has 2 N–H and O–H groups in total. The van der Waals surface area contributed by atoms with Crippen LogP contribution in [0.3, 0.4) is 0 Å². The molecule has 0 aliphatic carbocycles. The Morgan fingerprint density at radius 1 is 1.57 bits per heavy atom. The number of anilines is 1. The molecule has 0 amide bonds. The van der Waals surface area contributed by atoms with Crippen molar-refractivity contribution < 1.29 is 9.31 Å². The Kier molecular flexibility index (Phi) is 5.03. The van der Waals surface area contributed by atoms with E-state index in [9.17, 15) is 14.5 Å². The lowest BCUT2D eigenvalue weighted by molar-refractivity contribution is -0.384. The summed E-state index contributed by atoms with van der Waals surface area (Å²) in [5, 5.41) is 17.6. The minimum Gasteiger partial charge on any atom is -0.378 e. The molecule has 1 fully saturated rings. The first kappa shape index (κ1) is 16.4. The molecule has 1 aromatic rings. The molecule has 1 aliphatic heterocycles. The van der Waals surface area contributed by atoms with Crippen molar-refractivity contribution in [3.63, 3.8) is 0 Å². The number of hydrogen-bond donors (Lipinski definition) is 2. The Bertz CT molecular complexity index is 551. The zero-order valence-electron chi connectivity index (χ0n) is 12.1. The molecular weight excluding hydrogens is 388 g/mol. The maximum atomic E-state index is 13.7. The summed E-state index contributed by atoms with van der Waals surface area (Å²) >= 11 is 1.76. The number of rotatable bonds is 4. The second-order valence-electron chi connectivity index (χ2n) is 6.02. The SMILES string of the molecule is CC1(C)CCCNC1CNc1cc(F)c(I)cc1[N+](=O)[O-]. The molecule has 116 valence electrons. The molecule has 0 saturated carbocycles. The third kappa shape index (κ3) is 3.82. The summed E-state index contributed by atoms with van der Waals surface area (Å²) in [6, 6.07) is 2.67. The van der Waals surface area contributed by atoms with E-state index >= 15 is 0 Å². The maximum absolute atomic E-state index is 13.7. The van der Waals surface area contributed by atoms with Crippen molar-refractivity contribution in [2.45, 2.75) is 32.7 Å². The van der Waals surface area contributed by atoms with Gasteiger partial charge in [0.2, 0.25) is 0 Å². The van der Waals surface area contributed by atoms with Crippen molar-refractivity contribution in [1.29, 1.82) is 0 Å². The van der Waals surface area contributed by atoms with Crippen LogP contribution in [0.15, 0.2) is 12.1 Å².